The molecule has 4 heteroatoms. The van der Waals surface area contributed by atoms with Crippen LogP contribution in [0.15, 0.2) is 18.2 Å². The van der Waals surface area contributed by atoms with Crippen LogP contribution in [0.1, 0.15) is 36.8 Å². The quantitative estimate of drug-likeness (QED) is 0.800. The van der Waals surface area contributed by atoms with E-state index in [1.54, 1.807) is 4.90 Å². The van der Waals surface area contributed by atoms with Crippen molar-refractivity contribution >= 4 is 17.5 Å². The van der Waals surface area contributed by atoms with E-state index in [0.29, 0.717) is 13.1 Å². The summed E-state index contributed by atoms with van der Waals surface area (Å²) in [4.78, 5) is 25.9. The van der Waals surface area contributed by atoms with E-state index >= 15 is 0 Å². The number of hydrogen-bond donors (Lipinski definition) is 1. The van der Waals surface area contributed by atoms with Crippen LogP contribution in [0.5, 0.6) is 0 Å². The number of hydrogen-bond acceptors (Lipinski definition) is 2. The largest absolute Gasteiger partial charge is 0.334 e. The van der Waals surface area contributed by atoms with Gasteiger partial charge in [0.1, 0.15) is 0 Å². The molecular formula is C16H22N2O2. The molecule has 2 amide bonds. The topological polar surface area (TPSA) is 49.4 Å². The molecule has 108 valence electrons. The highest BCUT2D eigenvalue weighted by molar-refractivity contribution is 6.39. The number of nitrogens with zero attached hydrogens (tertiary/aromatic N) is 1. The van der Waals surface area contributed by atoms with E-state index in [0.717, 1.165) is 42.5 Å². The molecule has 0 atom stereocenters. The number of rotatable bonds is 1. The summed E-state index contributed by atoms with van der Waals surface area (Å²) in [7, 11) is 0. The Morgan fingerprint density at radius 1 is 1.05 bits per heavy atom. The zero-order valence-corrected chi connectivity index (χ0v) is 12.2. The second kappa shape index (κ2) is 6.55. The first-order valence-electron chi connectivity index (χ1n) is 7.25. The number of nitrogens with one attached hydrogen (secondary N) is 1. The van der Waals surface area contributed by atoms with Gasteiger partial charge in [-0.05, 0) is 43.9 Å². The van der Waals surface area contributed by atoms with E-state index in [1.165, 1.54) is 0 Å². The first-order chi connectivity index (χ1) is 9.58. The molecule has 1 fully saturated rings. The maximum Gasteiger partial charge on any atom is 0.313 e. The van der Waals surface area contributed by atoms with Gasteiger partial charge in [0.05, 0.1) is 0 Å². The summed E-state index contributed by atoms with van der Waals surface area (Å²) in [5, 5.41) is 2.74. The number of anilines is 1. The fraction of sp³-hybridized carbons (Fsp3) is 0.500. The molecule has 1 heterocycles. The molecule has 0 radical (unpaired) electrons. The SMILES string of the molecule is Cc1ccc(C)c(NC(=O)C(=O)N2CCCCCC2)c1. The average Bonchev–Trinajstić information content (AvgIpc) is 2.71. The maximum absolute atomic E-state index is 12.2. The molecule has 0 spiro atoms. The summed E-state index contributed by atoms with van der Waals surface area (Å²) in [6, 6.07) is 5.83. The molecule has 0 aromatic heterocycles. The van der Waals surface area contributed by atoms with E-state index in [4.69, 9.17) is 0 Å². The van der Waals surface area contributed by atoms with Crippen molar-refractivity contribution in [3.05, 3.63) is 29.3 Å². The highest BCUT2D eigenvalue weighted by Gasteiger charge is 2.22. The number of carbonyl (C=O) groups excluding carboxylic acids is 2. The van der Waals surface area contributed by atoms with Gasteiger partial charge >= 0.3 is 11.8 Å². The Morgan fingerprint density at radius 2 is 1.70 bits per heavy atom. The molecule has 0 aliphatic carbocycles. The number of likely N-dealkylation sites (tertiary alicyclic amines) is 1. The Hall–Kier alpha value is -1.84. The highest BCUT2D eigenvalue weighted by atomic mass is 16.2. The van der Waals surface area contributed by atoms with Crippen LogP contribution in [0.3, 0.4) is 0 Å². The lowest BCUT2D eigenvalue weighted by Gasteiger charge is -2.19. The normalized spacial score (nSPS) is 15.6. The van der Waals surface area contributed by atoms with E-state index in [-0.39, 0.29) is 0 Å². The number of aryl methyl sites for hydroxylation is 2. The van der Waals surface area contributed by atoms with Gasteiger partial charge in [0.15, 0.2) is 0 Å². The molecule has 0 unspecified atom stereocenters. The molecule has 4 nitrogen and oxygen atoms in total. The van der Waals surface area contributed by atoms with Gasteiger partial charge in [-0.25, -0.2) is 0 Å². The minimum absolute atomic E-state index is 0.409. The number of benzene rings is 1. The van der Waals surface area contributed by atoms with Gasteiger partial charge in [-0.3, -0.25) is 9.59 Å². The molecular weight excluding hydrogens is 252 g/mol. The van der Waals surface area contributed by atoms with Crippen LogP contribution >= 0.6 is 0 Å². The fourth-order valence-corrected chi connectivity index (χ4v) is 2.46. The van der Waals surface area contributed by atoms with Crippen molar-refractivity contribution in [3.63, 3.8) is 0 Å². The van der Waals surface area contributed by atoms with Crippen molar-refractivity contribution in [3.8, 4) is 0 Å². The Labute approximate surface area is 120 Å². The lowest BCUT2D eigenvalue weighted by molar-refractivity contribution is -0.143. The van der Waals surface area contributed by atoms with Crippen molar-refractivity contribution < 1.29 is 9.59 Å². The number of carbonyl (C=O) groups is 2. The molecule has 0 bridgehead atoms. The molecule has 1 N–H and O–H groups in total. The van der Waals surface area contributed by atoms with E-state index < -0.39 is 11.8 Å². The summed E-state index contributed by atoms with van der Waals surface area (Å²) in [5.41, 5.74) is 2.75. The second-order valence-electron chi connectivity index (χ2n) is 5.48. The third-order valence-electron chi connectivity index (χ3n) is 3.73. The summed E-state index contributed by atoms with van der Waals surface area (Å²) < 4.78 is 0. The zero-order chi connectivity index (χ0) is 14.5. The second-order valence-corrected chi connectivity index (χ2v) is 5.48. The molecule has 1 aliphatic heterocycles. The van der Waals surface area contributed by atoms with Crippen molar-refractivity contribution in [1.82, 2.24) is 4.90 Å². The lowest BCUT2D eigenvalue weighted by Crippen LogP contribution is -2.40. The first kappa shape index (κ1) is 14.6. The van der Waals surface area contributed by atoms with Gasteiger partial charge in [0, 0.05) is 18.8 Å². The van der Waals surface area contributed by atoms with Crippen molar-refractivity contribution in [2.75, 3.05) is 18.4 Å². The van der Waals surface area contributed by atoms with Crippen LogP contribution in [0.2, 0.25) is 0 Å². The Balaban J connectivity index is 2.03. The standard InChI is InChI=1S/C16H22N2O2/c1-12-7-8-13(2)14(11-12)17-15(19)16(20)18-9-5-3-4-6-10-18/h7-8,11H,3-6,9-10H2,1-2H3,(H,17,19). The third kappa shape index (κ3) is 3.59. The smallest absolute Gasteiger partial charge is 0.313 e. The average molecular weight is 274 g/mol. The third-order valence-corrected chi connectivity index (χ3v) is 3.73. The predicted octanol–water partition coefficient (Wildman–Crippen LogP) is 2.64. The molecule has 0 saturated carbocycles. The van der Waals surface area contributed by atoms with Crippen LogP contribution in [0, 0.1) is 13.8 Å². The van der Waals surface area contributed by atoms with E-state index in [9.17, 15) is 9.59 Å². The lowest BCUT2D eigenvalue weighted by atomic mass is 10.1. The van der Waals surface area contributed by atoms with Gasteiger partial charge in [0.2, 0.25) is 0 Å². The van der Waals surface area contributed by atoms with Crippen LogP contribution in [0.4, 0.5) is 5.69 Å². The minimum Gasteiger partial charge on any atom is -0.334 e. The summed E-state index contributed by atoms with van der Waals surface area (Å²) in [6.45, 7) is 5.27. The molecule has 1 aromatic rings. The monoisotopic (exact) mass is 274 g/mol. The van der Waals surface area contributed by atoms with Gasteiger partial charge in [-0.1, -0.05) is 25.0 Å². The van der Waals surface area contributed by atoms with Crippen molar-refractivity contribution in [2.24, 2.45) is 0 Å². The van der Waals surface area contributed by atoms with Crippen molar-refractivity contribution in [2.45, 2.75) is 39.5 Å². The van der Waals surface area contributed by atoms with Gasteiger partial charge in [0.25, 0.3) is 0 Å². The Bertz CT molecular complexity index is 503. The van der Waals surface area contributed by atoms with Crippen LogP contribution < -0.4 is 5.32 Å². The predicted molar refractivity (Wildman–Crippen MR) is 79.6 cm³/mol. The first-order valence-corrected chi connectivity index (χ1v) is 7.25. The molecule has 20 heavy (non-hydrogen) atoms. The molecule has 1 aliphatic rings. The summed E-state index contributed by atoms with van der Waals surface area (Å²) in [5.74, 6) is -0.937. The zero-order valence-electron chi connectivity index (χ0n) is 12.2. The van der Waals surface area contributed by atoms with Gasteiger partial charge in [-0.2, -0.15) is 0 Å². The van der Waals surface area contributed by atoms with Crippen LogP contribution in [-0.2, 0) is 9.59 Å². The minimum atomic E-state index is -0.527. The Kier molecular flexibility index (Phi) is 4.77. The molecule has 1 saturated heterocycles. The molecule has 1 aromatic carbocycles. The van der Waals surface area contributed by atoms with E-state index in [1.807, 2.05) is 32.0 Å². The maximum atomic E-state index is 12.2. The van der Waals surface area contributed by atoms with Gasteiger partial charge < -0.3 is 10.2 Å². The van der Waals surface area contributed by atoms with Crippen LogP contribution in [-0.4, -0.2) is 29.8 Å². The summed E-state index contributed by atoms with van der Waals surface area (Å²) in [6.07, 6.45) is 4.26. The highest BCUT2D eigenvalue weighted by Crippen LogP contribution is 2.17. The van der Waals surface area contributed by atoms with E-state index in [2.05, 4.69) is 5.32 Å². The summed E-state index contributed by atoms with van der Waals surface area (Å²) >= 11 is 0. The number of amides is 2. The fourth-order valence-electron chi connectivity index (χ4n) is 2.46. The van der Waals surface area contributed by atoms with Gasteiger partial charge in [-0.15, -0.1) is 0 Å². The van der Waals surface area contributed by atoms with Crippen molar-refractivity contribution in [1.29, 1.82) is 0 Å². The molecule has 2 rings (SSSR count). The Morgan fingerprint density at radius 3 is 2.35 bits per heavy atom. The van der Waals surface area contributed by atoms with Crippen LogP contribution in [0.25, 0.3) is 0 Å².